The van der Waals surface area contributed by atoms with Crippen LogP contribution < -0.4 is 0 Å². The number of phenolic OH excluding ortho intramolecular Hbond substituents is 1. The van der Waals surface area contributed by atoms with Crippen molar-refractivity contribution in [2.24, 2.45) is 0 Å². The molecule has 0 radical (unpaired) electrons. The number of benzene rings is 2. The molecule has 0 saturated carbocycles. The van der Waals surface area contributed by atoms with Crippen LogP contribution in [0.5, 0.6) is 17.2 Å². The lowest BCUT2D eigenvalue weighted by molar-refractivity contribution is 0.0690. The molecule has 0 heterocycles. The fraction of sp³-hybridized carbons (Fsp3) is 0. The van der Waals surface area contributed by atoms with E-state index in [-0.39, 0.29) is 5.75 Å². The second-order valence-electron chi connectivity index (χ2n) is 4.16. The minimum Gasteiger partial charge on any atom is -0.508 e. The molecule has 102 valence electrons. The van der Waals surface area contributed by atoms with E-state index in [1.807, 2.05) is 0 Å². The van der Waals surface area contributed by atoms with Gasteiger partial charge in [-0.05, 0) is 35.4 Å². The predicted molar refractivity (Wildman–Crippen MR) is 73.8 cm³/mol. The molecule has 0 atom stereocenters. The predicted octanol–water partition coefficient (Wildman–Crippen LogP) is 2.67. The third kappa shape index (κ3) is 2.89. The summed E-state index contributed by atoms with van der Waals surface area (Å²) in [6.45, 7) is 0. The second kappa shape index (κ2) is 5.36. The summed E-state index contributed by atoms with van der Waals surface area (Å²) in [6.07, 6.45) is 3.31. The summed E-state index contributed by atoms with van der Waals surface area (Å²) in [5.41, 5.74) is 0.744. The highest BCUT2D eigenvalue weighted by molar-refractivity contribution is 5.94. The van der Waals surface area contributed by atoms with Crippen LogP contribution in [0.25, 0.3) is 12.2 Å². The number of carbonyl (C=O) groups is 1. The van der Waals surface area contributed by atoms with Gasteiger partial charge in [-0.25, -0.2) is 4.79 Å². The topological polar surface area (TPSA) is 98.0 Å². The van der Waals surface area contributed by atoms with Crippen LogP contribution in [-0.4, -0.2) is 26.4 Å². The standard InChI is InChI=1S/C15H12O5/c16-11-5-3-9(4-6-11)1-2-10-7-12(17)14(15(19)20)13(18)8-10/h1-8,16-18H,(H,19,20)/b2-1+. The highest BCUT2D eigenvalue weighted by atomic mass is 16.4. The third-order valence-electron chi connectivity index (χ3n) is 2.69. The zero-order chi connectivity index (χ0) is 14.7. The Morgan fingerprint density at radius 1 is 0.850 bits per heavy atom. The minimum atomic E-state index is -1.39. The van der Waals surface area contributed by atoms with Crippen LogP contribution in [0.2, 0.25) is 0 Å². The van der Waals surface area contributed by atoms with Crippen molar-refractivity contribution in [2.75, 3.05) is 0 Å². The monoisotopic (exact) mass is 272 g/mol. The van der Waals surface area contributed by atoms with E-state index in [2.05, 4.69) is 0 Å². The molecular weight excluding hydrogens is 260 g/mol. The zero-order valence-corrected chi connectivity index (χ0v) is 10.3. The van der Waals surface area contributed by atoms with Crippen LogP contribution in [0, 0.1) is 0 Å². The number of carboxylic acids is 1. The normalized spacial score (nSPS) is 10.8. The Kier molecular flexibility index (Phi) is 3.61. The Morgan fingerprint density at radius 2 is 1.35 bits per heavy atom. The number of hydrogen-bond acceptors (Lipinski definition) is 4. The van der Waals surface area contributed by atoms with E-state index in [1.165, 1.54) is 24.3 Å². The number of hydrogen-bond donors (Lipinski definition) is 4. The molecular formula is C15H12O5. The Hall–Kier alpha value is -2.95. The Morgan fingerprint density at radius 3 is 1.85 bits per heavy atom. The number of carboxylic acid groups (broad SMARTS) is 1. The first-order valence-electron chi connectivity index (χ1n) is 5.74. The van der Waals surface area contributed by atoms with Crippen molar-refractivity contribution in [3.05, 3.63) is 53.1 Å². The molecule has 0 amide bonds. The molecule has 0 aliphatic heterocycles. The average Bonchev–Trinajstić information content (AvgIpc) is 2.37. The minimum absolute atomic E-state index is 0.156. The van der Waals surface area contributed by atoms with Gasteiger partial charge in [-0.15, -0.1) is 0 Å². The van der Waals surface area contributed by atoms with E-state index in [9.17, 15) is 15.0 Å². The number of aromatic hydroxyl groups is 3. The molecule has 0 spiro atoms. The van der Waals surface area contributed by atoms with E-state index >= 15 is 0 Å². The van der Waals surface area contributed by atoms with Crippen molar-refractivity contribution < 1.29 is 25.2 Å². The van der Waals surface area contributed by atoms with E-state index in [0.29, 0.717) is 5.56 Å². The van der Waals surface area contributed by atoms with Crippen molar-refractivity contribution in [1.82, 2.24) is 0 Å². The molecule has 2 aromatic rings. The lowest BCUT2D eigenvalue weighted by Gasteiger charge is -2.04. The van der Waals surface area contributed by atoms with Crippen molar-refractivity contribution in [1.29, 1.82) is 0 Å². The summed E-state index contributed by atoms with van der Waals surface area (Å²) in [5.74, 6) is -2.23. The van der Waals surface area contributed by atoms with Crippen LogP contribution in [0.3, 0.4) is 0 Å². The van der Waals surface area contributed by atoms with Gasteiger partial charge in [-0.3, -0.25) is 0 Å². The highest BCUT2D eigenvalue weighted by Gasteiger charge is 2.15. The highest BCUT2D eigenvalue weighted by Crippen LogP contribution is 2.29. The van der Waals surface area contributed by atoms with Gasteiger partial charge in [-0.1, -0.05) is 24.3 Å². The smallest absolute Gasteiger partial charge is 0.343 e. The first-order chi connectivity index (χ1) is 9.47. The first kappa shape index (κ1) is 13.5. The molecule has 4 N–H and O–H groups in total. The third-order valence-corrected chi connectivity index (χ3v) is 2.69. The van der Waals surface area contributed by atoms with E-state index in [1.54, 1.807) is 24.3 Å². The van der Waals surface area contributed by atoms with E-state index < -0.39 is 23.0 Å². The molecule has 0 bridgehead atoms. The molecule has 5 nitrogen and oxygen atoms in total. The summed E-state index contributed by atoms with van der Waals surface area (Å²) in [6, 6.07) is 8.94. The fourth-order valence-corrected chi connectivity index (χ4v) is 1.73. The van der Waals surface area contributed by atoms with Gasteiger partial charge in [0.2, 0.25) is 0 Å². The van der Waals surface area contributed by atoms with Gasteiger partial charge in [0.25, 0.3) is 0 Å². The fourth-order valence-electron chi connectivity index (χ4n) is 1.73. The van der Waals surface area contributed by atoms with Crippen LogP contribution >= 0.6 is 0 Å². The van der Waals surface area contributed by atoms with Crippen LogP contribution in [0.1, 0.15) is 21.5 Å². The van der Waals surface area contributed by atoms with E-state index in [0.717, 1.165) is 5.56 Å². The lowest BCUT2D eigenvalue weighted by atomic mass is 10.1. The molecule has 20 heavy (non-hydrogen) atoms. The molecule has 2 aromatic carbocycles. The SMILES string of the molecule is O=C(O)c1c(O)cc(/C=C/c2ccc(O)cc2)cc1O. The lowest BCUT2D eigenvalue weighted by Crippen LogP contribution is -1.97. The molecule has 5 heteroatoms. The van der Waals surface area contributed by atoms with Crippen molar-refractivity contribution in [3.8, 4) is 17.2 Å². The summed E-state index contributed by atoms with van der Waals surface area (Å²) in [5, 5.41) is 37.1. The second-order valence-corrected chi connectivity index (χ2v) is 4.16. The Labute approximate surface area is 114 Å². The molecule has 0 aromatic heterocycles. The van der Waals surface area contributed by atoms with Gasteiger partial charge in [-0.2, -0.15) is 0 Å². The van der Waals surface area contributed by atoms with Gasteiger partial charge in [0.1, 0.15) is 22.8 Å². The molecule has 0 saturated heterocycles. The molecule has 0 aliphatic carbocycles. The average molecular weight is 272 g/mol. The van der Waals surface area contributed by atoms with Crippen molar-refractivity contribution in [2.45, 2.75) is 0 Å². The maximum absolute atomic E-state index is 10.8. The maximum Gasteiger partial charge on any atom is 0.343 e. The zero-order valence-electron chi connectivity index (χ0n) is 10.3. The Bertz CT molecular complexity index is 648. The van der Waals surface area contributed by atoms with Gasteiger partial charge < -0.3 is 20.4 Å². The molecule has 0 fully saturated rings. The van der Waals surface area contributed by atoms with Crippen LogP contribution in [0.4, 0.5) is 0 Å². The first-order valence-corrected chi connectivity index (χ1v) is 5.74. The quantitative estimate of drug-likeness (QED) is 0.644. The van der Waals surface area contributed by atoms with Gasteiger partial charge >= 0.3 is 5.97 Å². The van der Waals surface area contributed by atoms with E-state index in [4.69, 9.17) is 10.2 Å². The Balaban J connectivity index is 2.30. The largest absolute Gasteiger partial charge is 0.508 e. The molecule has 2 rings (SSSR count). The summed E-state index contributed by atoms with van der Waals surface area (Å²) in [4.78, 5) is 10.8. The van der Waals surface area contributed by atoms with Crippen molar-refractivity contribution >= 4 is 18.1 Å². The van der Waals surface area contributed by atoms with Crippen LogP contribution in [-0.2, 0) is 0 Å². The summed E-state index contributed by atoms with van der Waals surface area (Å²) >= 11 is 0. The number of aromatic carboxylic acids is 1. The van der Waals surface area contributed by atoms with Gasteiger partial charge in [0, 0.05) is 0 Å². The summed E-state index contributed by atoms with van der Waals surface area (Å²) in [7, 11) is 0. The maximum atomic E-state index is 10.8. The molecule has 0 unspecified atom stereocenters. The van der Waals surface area contributed by atoms with Crippen LogP contribution in [0.15, 0.2) is 36.4 Å². The van der Waals surface area contributed by atoms with Gasteiger partial charge in [0.15, 0.2) is 0 Å². The van der Waals surface area contributed by atoms with Crippen molar-refractivity contribution in [3.63, 3.8) is 0 Å². The number of rotatable bonds is 3. The number of phenols is 3. The molecule has 0 aliphatic rings. The van der Waals surface area contributed by atoms with Gasteiger partial charge in [0.05, 0.1) is 0 Å². The summed E-state index contributed by atoms with van der Waals surface area (Å²) < 4.78 is 0.